The van der Waals surface area contributed by atoms with Gasteiger partial charge in [-0.05, 0) is 19.4 Å². The number of hydrogen-bond acceptors (Lipinski definition) is 1. The summed E-state index contributed by atoms with van der Waals surface area (Å²) in [7, 11) is 0. The van der Waals surface area contributed by atoms with E-state index in [2.05, 4.69) is 5.32 Å². The highest BCUT2D eigenvalue weighted by molar-refractivity contribution is 4.70. The minimum absolute atomic E-state index is 0.390. The van der Waals surface area contributed by atoms with Crippen LogP contribution in [0.15, 0.2) is 0 Å². The first-order chi connectivity index (χ1) is 4.30. The third kappa shape index (κ3) is 1.90. The van der Waals surface area contributed by atoms with Crippen LogP contribution in [0.5, 0.6) is 0 Å². The van der Waals surface area contributed by atoms with Crippen molar-refractivity contribution >= 4 is 0 Å². The van der Waals surface area contributed by atoms with Crippen molar-refractivity contribution in [1.82, 2.24) is 5.32 Å². The first-order valence-corrected chi connectivity index (χ1v) is 3.29. The quantitative estimate of drug-likeness (QED) is 0.570. The standard InChI is InChI=1S/C6H11F2N/c7-6(8)5-2-1-3-9-4-5/h5-6,9H,1-4H2/t5-/m0/s1. The number of rotatable bonds is 1. The second-order valence-corrected chi connectivity index (χ2v) is 2.44. The van der Waals surface area contributed by atoms with Crippen LogP contribution in [0.4, 0.5) is 8.78 Å². The lowest BCUT2D eigenvalue weighted by Gasteiger charge is -2.21. The molecule has 0 aromatic rings. The molecule has 1 rings (SSSR count). The molecule has 0 aromatic carbocycles. The number of alkyl halides is 2. The molecule has 0 aliphatic carbocycles. The fraction of sp³-hybridized carbons (Fsp3) is 1.00. The zero-order chi connectivity index (χ0) is 6.69. The summed E-state index contributed by atoms with van der Waals surface area (Å²) in [5.41, 5.74) is 0. The fourth-order valence-corrected chi connectivity index (χ4v) is 1.09. The summed E-state index contributed by atoms with van der Waals surface area (Å²) < 4.78 is 23.8. The first-order valence-electron chi connectivity index (χ1n) is 3.29. The van der Waals surface area contributed by atoms with E-state index in [-0.39, 0.29) is 0 Å². The van der Waals surface area contributed by atoms with E-state index in [1.165, 1.54) is 0 Å². The summed E-state index contributed by atoms with van der Waals surface area (Å²) in [5, 5.41) is 2.94. The lowest BCUT2D eigenvalue weighted by molar-refractivity contribution is 0.0633. The van der Waals surface area contributed by atoms with Crippen LogP contribution in [0.25, 0.3) is 0 Å². The Kier molecular flexibility index (Phi) is 2.39. The zero-order valence-corrected chi connectivity index (χ0v) is 5.24. The molecule has 1 saturated heterocycles. The monoisotopic (exact) mass is 135 g/mol. The largest absolute Gasteiger partial charge is 0.316 e. The number of nitrogens with one attached hydrogen (secondary N) is 1. The van der Waals surface area contributed by atoms with Gasteiger partial charge in [-0.3, -0.25) is 0 Å². The molecule has 1 aliphatic rings. The lowest BCUT2D eigenvalue weighted by atomic mass is 10.0. The topological polar surface area (TPSA) is 12.0 Å². The molecule has 1 atom stereocenters. The van der Waals surface area contributed by atoms with E-state index in [1.54, 1.807) is 0 Å². The van der Waals surface area contributed by atoms with Crippen LogP contribution in [-0.2, 0) is 0 Å². The maximum atomic E-state index is 11.9. The molecule has 1 fully saturated rings. The van der Waals surface area contributed by atoms with E-state index in [0.717, 1.165) is 13.0 Å². The Morgan fingerprint density at radius 3 is 2.56 bits per heavy atom. The molecule has 1 nitrogen and oxygen atoms in total. The highest BCUT2D eigenvalue weighted by Gasteiger charge is 2.21. The number of piperidine rings is 1. The van der Waals surface area contributed by atoms with Gasteiger partial charge in [-0.2, -0.15) is 0 Å². The molecule has 1 aliphatic heterocycles. The first kappa shape index (κ1) is 6.93. The molecular weight excluding hydrogens is 124 g/mol. The molecule has 0 spiro atoms. The highest BCUT2D eigenvalue weighted by atomic mass is 19.3. The van der Waals surface area contributed by atoms with E-state index in [9.17, 15) is 8.78 Å². The number of hydrogen-bond donors (Lipinski definition) is 1. The van der Waals surface area contributed by atoms with Gasteiger partial charge in [0.25, 0.3) is 0 Å². The Labute approximate surface area is 53.4 Å². The van der Waals surface area contributed by atoms with Crippen molar-refractivity contribution in [3.8, 4) is 0 Å². The van der Waals surface area contributed by atoms with Gasteiger partial charge < -0.3 is 5.32 Å². The zero-order valence-electron chi connectivity index (χ0n) is 5.24. The summed E-state index contributed by atoms with van der Waals surface area (Å²) in [4.78, 5) is 0. The van der Waals surface area contributed by atoms with Gasteiger partial charge in [-0.25, -0.2) is 8.78 Å². The summed E-state index contributed by atoms with van der Waals surface area (Å²) in [6, 6.07) is 0. The Hall–Kier alpha value is -0.180. The van der Waals surface area contributed by atoms with Crippen LogP contribution in [0.1, 0.15) is 12.8 Å². The van der Waals surface area contributed by atoms with Gasteiger partial charge in [-0.15, -0.1) is 0 Å². The molecule has 9 heavy (non-hydrogen) atoms. The van der Waals surface area contributed by atoms with Gasteiger partial charge in [0.1, 0.15) is 0 Å². The second kappa shape index (κ2) is 3.11. The second-order valence-electron chi connectivity index (χ2n) is 2.44. The average molecular weight is 135 g/mol. The highest BCUT2D eigenvalue weighted by Crippen LogP contribution is 2.17. The van der Waals surface area contributed by atoms with Crippen LogP contribution in [0.3, 0.4) is 0 Å². The Bertz CT molecular complexity index is 79.1. The number of halogens is 2. The molecular formula is C6H11F2N. The van der Waals surface area contributed by atoms with Crippen molar-refractivity contribution in [2.24, 2.45) is 5.92 Å². The summed E-state index contributed by atoms with van der Waals surface area (Å²) in [5.74, 6) is -0.390. The molecule has 0 amide bonds. The van der Waals surface area contributed by atoms with Gasteiger partial charge in [0, 0.05) is 12.5 Å². The van der Waals surface area contributed by atoms with Gasteiger partial charge in [0.2, 0.25) is 6.43 Å². The van der Waals surface area contributed by atoms with Gasteiger partial charge >= 0.3 is 0 Å². The fourth-order valence-electron chi connectivity index (χ4n) is 1.09. The minimum atomic E-state index is -2.13. The van der Waals surface area contributed by atoms with Crippen molar-refractivity contribution in [3.05, 3.63) is 0 Å². The molecule has 0 saturated carbocycles. The van der Waals surface area contributed by atoms with Crippen molar-refractivity contribution in [3.63, 3.8) is 0 Å². The van der Waals surface area contributed by atoms with E-state index in [0.29, 0.717) is 13.0 Å². The maximum absolute atomic E-state index is 11.9. The van der Waals surface area contributed by atoms with Crippen molar-refractivity contribution in [1.29, 1.82) is 0 Å². The van der Waals surface area contributed by atoms with Crippen molar-refractivity contribution < 1.29 is 8.78 Å². The summed E-state index contributed by atoms with van der Waals surface area (Å²) in [6.07, 6.45) is -0.544. The van der Waals surface area contributed by atoms with Crippen LogP contribution in [0.2, 0.25) is 0 Å². The van der Waals surface area contributed by atoms with Gasteiger partial charge in [-0.1, -0.05) is 0 Å². The van der Waals surface area contributed by atoms with Crippen LogP contribution in [-0.4, -0.2) is 19.5 Å². The van der Waals surface area contributed by atoms with Crippen molar-refractivity contribution in [2.75, 3.05) is 13.1 Å². The Morgan fingerprint density at radius 2 is 2.22 bits per heavy atom. The third-order valence-electron chi connectivity index (χ3n) is 1.69. The Balaban J connectivity index is 2.23. The van der Waals surface area contributed by atoms with E-state index < -0.39 is 12.3 Å². The SMILES string of the molecule is FC(F)[C@H]1CCCNC1. The lowest BCUT2D eigenvalue weighted by Crippen LogP contribution is -2.33. The molecule has 0 bridgehead atoms. The van der Waals surface area contributed by atoms with Crippen LogP contribution in [0, 0.1) is 5.92 Å². The summed E-state index contributed by atoms with van der Waals surface area (Å²) >= 11 is 0. The third-order valence-corrected chi connectivity index (χ3v) is 1.69. The van der Waals surface area contributed by atoms with Gasteiger partial charge in [0.15, 0.2) is 0 Å². The van der Waals surface area contributed by atoms with E-state index in [1.807, 2.05) is 0 Å². The molecule has 0 unspecified atom stereocenters. The molecule has 0 aromatic heterocycles. The van der Waals surface area contributed by atoms with Crippen LogP contribution >= 0.6 is 0 Å². The summed E-state index contributed by atoms with van der Waals surface area (Å²) in [6.45, 7) is 1.40. The molecule has 0 radical (unpaired) electrons. The van der Waals surface area contributed by atoms with Crippen molar-refractivity contribution in [2.45, 2.75) is 19.3 Å². The van der Waals surface area contributed by atoms with Gasteiger partial charge in [0.05, 0.1) is 0 Å². The molecule has 1 heterocycles. The van der Waals surface area contributed by atoms with E-state index in [4.69, 9.17) is 0 Å². The molecule has 1 N–H and O–H groups in total. The predicted octanol–water partition coefficient (Wildman–Crippen LogP) is 1.25. The molecule has 3 heteroatoms. The smallest absolute Gasteiger partial charge is 0.242 e. The van der Waals surface area contributed by atoms with Crippen LogP contribution < -0.4 is 5.32 Å². The minimum Gasteiger partial charge on any atom is -0.316 e. The maximum Gasteiger partial charge on any atom is 0.242 e. The molecule has 54 valence electrons. The Morgan fingerprint density at radius 1 is 1.44 bits per heavy atom. The average Bonchev–Trinajstić information content (AvgIpc) is 1.90. The predicted molar refractivity (Wildman–Crippen MR) is 31.6 cm³/mol. The van der Waals surface area contributed by atoms with E-state index >= 15 is 0 Å². The normalized spacial score (nSPS) is 29.0.